The second-order valence-corrected chi connectivity index (χ2v) is 4.63. The molecule has 1 unspecified atom stereocenters. The van der Waals surface area contributed by atoms with E-state index in [2.05, 4.69) is 22.1 Å². The maximum absolute atomic E-state index is 13.9. The molecular formula is C13H18FN3O2. The van der Waals surface area contributed by atoms with E-state index in [0.717, 1.165) is 32.0 Å². The Kier molecular flexibility index (Phi) is 4.31. The van der Waals surface area contributed by atoms with Gasteiger partial charge in [0.1, 0.15) is 5.56 Å². The van der Waals surface area contributed by atoms with Crippen molar-refractivity contribution in [2.45, 2.75) is 25.8 Å². The van der Waals surface area contributed by atoms with Crippen LogP contribution in [0.2, 0.25) is 0 Å². The maximum atomic E-state index is 13.9. The van der Waals surface area contributed by atoms with E-state index < -0.39 is 11.8 Å². The Balaban J connectivity index is 2.03. The standard InChI is InChI=1S/C13H18FN3O2/c1-2-17-7-3-4-9(17)8-16-12-11(14)10(13(18)19)5-6-15-12/h5-6,9H,2-4,7-8H2,1H3,(H,15,16)(H,18,19). The van der Waals surface area contributed by atoms with Crippen molar-refractivity contribution in [3.8, 4) is 0 Å². The normalized spacial score (nSPS) is 19.6. The van der Waals surface area contributed by atoms with Gasteiger partial charge in [-0.25, -0.2) is 14.2 Å². The first kappa shape index (κ1) is 13.7. The summed E-state index contributed by atoms with van der Waals surface area (Å²) in [6.07, 6.45) is 3.52. The molecule has 1 aliphatic heterocycles. The zero-order valence-electron chi connectivity index (χ0n) is 10.9. The van der Waals surface area contributed by atoms with Crippen molar-refractivity contribution >= 4 is 11.8 Å². The number of pyridine rings is 1. The van der Waals surface area contributed by atoms with E-state index in [1.54, 1.807) is 0 Å². The molecule has 2 heterocycles. The maximum Gasteiger partial charge on any atom is 0.338 e. The Morgan fingerprint density at radius 3 is 3.16 bits per heavy atom. The molecule has 0 aliphatic carbocycles. The lowest BCUT2D eigenvalue weighted by Crippen LogP contribution is -2.35. The third-order valence-corrected chi connectivity index (χ3v) is 3.53. The highest BCUT2D eigenvalue weighted by Crippen LogP contribution is 2.19. The fourth-order valence-electron chi connectivity index (χ4n) is 2.49. The minimum Gasteiger partial charge on any atom is -0.478 e. The predicted molar refractivity (Wildman–Crippen MR) is 69.9 cm³/mol. The van der Waals surface area contributed by atoms with Gasteiger partial charge >= 0.3 is 5.97 Å². The highest BCUT2D eigenvalue weighted by atomic mass is 19.1. The van der Waals surface area contributed by atoms with Crippen molar-refractivity contribution in [1.29, 1.82) is 0 Å². The molecule has 0 spiro atoms. The predicted octanol–water partition coefficient (Wildman–Crippen LogP) is 1.82. The molecule has 0 saturated carbocycles. The van der Waals surface area contributed by atoms with Crippen LogP contribution < -0.4 is 5.32 Å². The molecule has 0 amide bonds. The summed E-state index contributed by atoms with van der Waals surface area (Å²) in [6, 6.07) is 1.52. The molecule has 0 bridgehead atoms. The van der Waals surface area contributed by atoms with Gasteiger partial charge < -0.3 is 10.4 Å². The molecule has 1 atom stereocenters. The number of carbonyl (C=O) groups is 1. The number of carboxylic acid groups (broad SMARTS) is 1. The summed E-state index contributed by atoms with van der Waals surface area (Å²) in [5.74, 6) is -2.06. The number of likely N-dealkylation sites (N-methyl/N-ethyl adjacent to an activating group) is 1. The number of aromatic nitrogens is 1. The summed E-state index contributed by atoms with van der Waals surface area (Å²) >= 11 is 0. The van der Waals surface area contributed by atoms with Gasteiger partial charge in [-0.15, -0.1) is 0 Å². The molecule has 104 valence electrons. The van der Waals surface area contributed by atoms with Gasteiger partial charge in [-0.3, -0.25) is 4.90 Å². The molecule has 5 nitrogen and oxygen atoms in total. The van der Waals surface area contributed by atoms with Gasteiger partial charge in [0.2, 0.25) is 0 Å². The minimum absolute atomic E-state index is 0.0165. The topological polar surface area (TPSA) is 65.5 Å². The zero-order chi connectivity index (χ0) is 13.8. The largest absolute Gasteiger partial charge is 0.478 e. The average Bonchev–Trinajstić information content (AvgIpc) is 2.84. The van der Waals surface area contributed by atoms with Crippen LogP contribution in [0.1, 0.15) is 30.1 Å². The monoisotopic (exact) mass is 267 g/mol. The lowest BCUT2D eigenvalue weighted by atomic mass is 10.2. The van der Waals surface area contributed by atoms with Crippen molar-refractivity contribution in [1.82, 2.24) is 9.88 Å². The van der Waals surface area contributed by atoms with Gasteiger partial charge in [0.05, 0.1) is 0 Å². The van der Waals surface area contributed by atoms with Gasteiger partial charge in [0.25, 0.3) is 0 Å². The molecule has 1 aromatic heterocycles. The Labute approximate surface area is 111 Å². The fourth-order valence-corrected chi connectivity index (χ4v) is 2.49. The molecule has 1 saturated heterocycles. The first-order chi connectivity index (χ1) is 9.13. The van der Waals surface area contributed by atoms with Crippen molar-refractivity contribution in [3.05, 3.63) is 23.6 Å². The Bertz CT molecular complexity index is 467. The van der Waals surface area contributed by atoms with E-state index in [1.165, 1.54) is 6.20 Å². The van der Waals surface area contributed by atoms with Crippen molar-refractivity contribution in [3.63, 3.8) is 0 Å². The smallest absolute Gasteiger partial charge is 0.338 e. The van der Waals surface area contributed by atoms with Crippen molar-refractivity contribution in [2.24, 2.45) is 0 Å². The number of nitrogens with zero attached hydrogens (tertiary/aromatic N) is 2. The van der Waals surface area contributed by atoms with Crippen LogP contribution in [0.15, 0.2) is 12.3 Å². The Morgan fingerprint density at radius 1 is 1.68 bits per heavy atom. The zero-order valence-corrected chi connectivity index (χ0v) is 10.9. The van der Waals surface area contributed by atoms with Gasteiger partial charge in [-0.1, -0.05) is 6.92 Å². The number of hydrogen-bond acceptors (Lipinski definition) is 4. The number of halogens is 1. The highest BCUT2D eigenvalue weighted by Gasteiger charge is 2.23. The summed E-state index contributed by atoms with van der Waals surface area (Å²) in [7, 11) is 0. The lowest BCUT2D eigenvalue weighted by Gasteiger charge is -2.23. The van der Waals surface area contributed by atoms with Crippen LogP contribution in [0.25, 0.3) is 0 Å². The van der Waals surface area contributed by atoms with E-state index in [4.69, 9.17) is 5.11 Å². The Morgan fingerprint density at radius 2 is 2.47 bits per heavy atom. The van der Waals surface area contributed by atoms with E-state index in [1.807, 2.05) is 0 Å². The van der Waals surface area contributed by atoms with E-state index in [-0.39, 0.29) is 11.4 Å². The number of carboxylic acids is 1. The molecule has 1 aliphatic rings. The van der Waals surface area contributed by atoms with Crippen LogP contribution in [-0.4, -0.2) is 46.6 Å². The third kappa shape index (κ3) is 3.01. The quantitative estimate of drug-likeness (QED) is 0.852. The second kappa shape index (κ2) is 5.97. The van der Waals surface area contributed by atoms with Gasteiger partial charge in [0.15, 0.2) is 11.6 Å². The second-order valence-electron chi connectivity index (χ2n) is 4.63. The van der Waals surface area contributed by atoms with Gasteiger partial charge in [-0.2, -0.15) is 0 Å². The van der Waals surface area contributed by atoms with Crippen molar-refractivity contribution in [2.75, 3.05) is 25.0 Å². The molecule has 0 radical (unpaired) electrons. The molecule has 2 N–H and O–H groups in total. The first-order valence-electron chi connectivity index (χ1n) is 6.49. The van der Waals surface area contributed by atoms with Crippen LogP contribution in [-0.2, 0) is 0 Å². The average molecular weight is 267 g/mol. The van der Waals surface area contributed by atoms with Crippen molar-refractivity contribution < 1.29 is 14.3 Å². The molecule has 1 fully saturated rings. The van der Waals surface area contributed by atoms with Crippen LogP contribution in [0.5, 0.6) is 0 Å². The number of hydrogen-bond donors (Lipinski definition) is 2. The van der Waals surface area contributed by atoms with Crippen LogP contribution in [0.3, 0.4) is 0 Å². The van der Waals surface area contributed by atoms with Crippen LogP contribution in [0.4, 0.5) is 10.2 Å². The third-order valence-electron chi connectivity index (χ3n) is 3.53. The number of nitrogens with one attached hydrogen (secondary N) is 1. The summed E-state index contributed by atoms with van der Waals surface area (Å²) < 4.78 is 13.9. The summed E-state index contributed by atoms with van der Waals surface area (Å²) in [5.41, 5.74) is -0.351. The SMILES string of the molecule is CCN1CCCC1CNc1nccc(C(=O)O)c1F. The highest BCUT2D eigenvalue weighted by molar-refractivity contribution is 5.88. The number of likely N-dealkylation sites (tertiary alicyclic amines) is 1. The molecule has 1 aromatic rings. The van der Waals surface area contributed by atoms with Crippen LogP contribution in [0, 0.1) is 5.82 Å². The summed E-state index contributed by atoms with van der Waals surface area (Å²) in [6.45, 7) is 4.72. The minimum atomic E-state index is -1.28. The first-order valence-corrected chi connectivity index (χ1v) is 6.49. The molecular weight excluding hydrogens is 249 g/mol. The van der Waals surface area contributed by atoms with Gasteiger partial charge in [-0.05, 0) is 32.0 Å². The summed E-state index contributed by atoms with van der Waals surface area (Å²) in [4.78, 5) is 17.0. The van der Waals surface area contributed by atoms with Crippen LogP contribution >= 0.6 is 0 Å². The Hall–Kier alpha value is -1.69. The van der Waals surface area contributed by atoms with E-state index >= 15 is 0 Å². The molecule has 0 aromatic carbocycles. The van der Waals surface area contributed by atoms with Gasteiger partial charge in [0, 0.05) is 18.8 Å². The lowest BCUT2D eigenvalue weighted by molar-refractivity contribution is 0.0692. The summed E-state index contributed by atoms with van der Waals surface area (Å²) in [5, 5.41) is 11.8. The number of rotatable bonds is 5. The molecule has 2 rings (SSSR count). The number of anilines is 1. The molecule has 19 heavy (non-hydrogen) atoms. The van der Waals surface area contributed by atoms with E-state index in [9.17, 15) is 9.18 Å². The van der Waals surface area contributed by atoms with E-state index in [0.29, 0.717) is 12.6 Å². The fraction of sp³-hybridized carbons (Fsp3) is 0.538. The number of aromatic carboxylic acids is 1. The molecule has 6 heteroatoms.